The zero-order valence-corrected chi connectivity index (χ0v) is 11.2. The van der Waals surface area contributed by atoms with Gasteiger partial charge in [-0.25, -0.2) is 4.79 Å². The van der Waals surface area contributed by atoms with Crippen LogP contribution in [0, 0.1) is 0 Å². The van der Waals surface area contributed by atoms with Crippen molar-refractivity contribution in [2.45, 2.75) is 39.2 Å². The van der Waals surface area contributed by atoms with Crippen molar-refractivity contribution in [3.63, 3.8) is 0 Å². The SMILES string of the molecule is CC(C)(C)OC(=O)c1c(N)cccc1CCCO. The second-order valence-electron chi connectivity index (χ2n) is 5.21. The van der Waals surface area contributed by atoms with Gasteiger partial charge in [0.05, 0.1) is 5.56 Å². The maximum Gasteiger partial charge on any atom is 0.341 e. The quantitative estimate of drug-likeness (QED) is 0.635. The van der Waals surface area contributed by atoms with Crippen LogP contribution in [0.1, 0.15) is 43.1 Å². The van der Waals surface area contributed by atoms with Crippen molar-refractivity contribution in [3.05, 3.63) is 29.3 Å². The maximum absolute atomic E-state index is 12.1. The standard InChI is InChI=1S/C14H21NO3/c1-14(2,3)18-13(17)12-10(7-5-9-16)6-4-8-11(12)15/h4,6,8,16H,5,7,9,15H2,1-3H3. The van der Waals surface area contributed by atoms with Gasteiger partial charge in [0.2, 0.25) is 0 Å². The van der Waals surface area contributed by atoms with E-state index < -0.39 is 11.6 Å². The number of aryl methyl sites for hydroxylation is 1. The average molecular weight is 251 g/mol. The highest BCUT2D eigenvalue weighted by Crippen LogP contribution is 2.22. The molecule has 1 aromatic rings. The van der Waals surface area contributed by atoms with Crippen molar-refractivity contribution in [2.75, 3.05) is 12.3 Å². The molecule has 0 aliphatic carbocycles. The van der Waals surface area contributed by atoms with Gasteiger partial charge in [-0.2, -0.15) is 0 Å². The van der Waals surface area contributed by atoms with E-state index in [4.69, 9.17) is 15.6 Å². The second kappa shape index (κ2) is 5.87. The summed E-state index contributed by atoms with van der Waals surface area (Å²) in [7, 11) is 0. The predicted octanol–water partition coefficient (Wildman–Crippen LogP) is 2.15. The van der Waals surface area contributed by atoms with Gasteiger partial charge in [-0.05, 0) is 45.2 Å². The summed E-state index contributed by atoms with van der Waals surface area (Å²) in [6, 6.07) is 5.32. The Kier molecular flexibility index (Phi) is 4.73. The molecule has 0 atom stereocenters. The van der Waals surface area contributed by atoms with E-state index in [1.165, 1.54) is 0 Å². The third-order valence-corrected chi connectivity index (χ3v) is 2.39. The number of ether oxygens (including phenoxy) is 1. The number of anilines is 1. The van der Waals surface area contributed by atoms with Crippen molar-refractivity contribution in [1.29, 1.82) is 0 Å². The fourth-order valence-corrected chi connectivity index (χ4v) is 1.68. The summed E-state index contributed by atoms with van der Waals surface area (Å²) in [5.74, 6) is -0.409. The molecule has 0 radical (unpaired) electrons. The Hall–Kier alpha value is -1.55. The van der Waals surface area contributed by atoms with Crippen LogP contribution >= 0.6 is 0 Å². The normalized spacial score (nSPS) is 11.3. The molecule has 1 aromatic carbocycles. The summed E-state index contributed by atoms with van der Waals surface area (Å²) in [4.78, 5) is 12.1. The molecular formula is C14H21NO3. The minimum Gasteiger partial charge on any atom is -0.456 e. The van der Waals surface area contributed by atoms with Crippen LogP contribution in [-0.2, 0) is 11.2 Å². The summed E-state index contributed by atoms with van der Waals surface area (Å²) in [5, 5.41) is 8.87. The molecule has 0 bridgehead atoms. The van der Waals surface area contributed by atoms with Gasteiger partial charge in [0.15, 0.2) is 0 Å². The van der Waals surface area contributed by atoms with Gasteiger partial charge < -0.3 is 15.6 Å². The van der Waals surface area contributed by atoms with Gasteiger partial charge >= 0.3 is 5.97 Å². The zero-order valence-electron chi connectivity index (χ0n) is 11.2. The van der Waals surface area contributed by atoms with Crippen LogP contribution in [0.4, 0.5) is 5.69 Å². The molecule has 4 nitrogen and oxygen atoms in total. The molecule has 0 aliphatic rings. The molecular weight excluding hydrogens is 230 g/mol. The van der Waals surface area contributed by atoms with Crippen molar-refractivity contribution in [3.8, 4) is 0 Å². The number of carbonyl (C=O) groups is 1. The van der Waals surface area contributed by atoms with Crippen LogP contribution in [0.15, 0.2) is 18.2 Å². The molecule has 3 N–H and O–H groups in total. The third kappa shape index (κ3) is 4.04. The Morgan fingerprint density at radius 2 is 2.06 bits per heavy atom. The van der Waals surface area contributed by atoms with Gasteiger partial charge in [-0.3, -0.25) is 0 Å². The van der Waals surface area contributed by atoms with Gasteiger partial charge in [0.25, 0.3) is 0 Å². The van der Waals surface area contributed by atoms with E-state index in [0.717, 1.165) is 5.56 Å². The van der Waals surface area contributed by atoms with Gasteiger partial charge in [0, 0.05) is 12.3 Å². The Bertz CT molecular complexity index is 422. The Morgan fingerprint density at radius 1 is 1.39 bits per heavy atom. The molecule has 1 rings (SSSR count). The lowest BCUT2D eigenvalue weighted by Gasteiger charge is -2.21. The number of nitrogens with two attached hydrogens (primary N) is 1. The molecule has 4 heteroatoms. The molecule has 0 aromatic heterocycles. The summed E-state index contributed by atoms with van der Waals surface area (Å²) in [5.41, 5.74) is 6.95. The van der Waals surface area contributed by atoms with E-state index in [-0.39, 0.29) is 6.61 Å². The molecule has 0 spiro atoms. The highest BCUT2D eigenvalue weighted by atomic mass is 16.6. The minimum atomic E-state index is -0.548. The van der Waals surface area contributed by atoms with Crippen molar-refractivity contribution in [1.82, 2.24) is 0 Å². The van der Waals surface area contributed by atoms with E-state index in [2.05, 4.69) is 0 Å². The largest absolute Gasteiger partial charge is 0.456 e. The Labute approximate surface area is 108 Å². The Balaban J connectivity index is 3.01. The lowest BCUT2D eigenvalue weighted by Crippen LogP contribution is -2.25. The second-order valence-corrected chi connectivity index (χ2v) is 5.21. The first-order chi connectivity index (χ1) is 8.35. The number of hydrogen-bond donors (Lipinski definition) is 2. The number of rotatable bonds is 4. The van der Waals surface area contributed by atoms with Crippen LogP contribution in [0.2, 0.25) is 0 Å². The fraction of sp³-hybridized carbons (Fsp3) is 0.500. The first-order valence-corrected chi connectivity index (χ1v) is 6.06. The lowest BCUT2D eigenvalue weighted by molar-refractivity contribution is 0.00695. The fourth-order valence-electron chi connectivity index (χ4n) is 1.68. The predicted molar refractivity (Wildman–Crippen MR) is 71.4 cm³/mol. The summed E-state index contributed by atoms with van der Waals surface area (Å²) in [6.45, 7) is 5.54. The molecule has 100 valence electrons. The van der Waals surface area contributed by atoms with E-state index in [0.29, 0.717) is 24.1 Å². The number of esters is 1. The van der Waals surface area contributed by atoms with E-state index >= 15 is 0 Å². The van der Waals surface area contributed by atoms with E-state index in [9.17, 15) is 4.79 Å². The van der Waals surface area contributed by atoms with Crippen LogP contribution in [0.3, 0.4) is 0 Å². The lowest BCUT2D eigenvalue weighted by atomic mass is 10.0. The smallest absolute Gasteiger partial charge is 0.341 e. The topological polar surface area (TPSA) is 72.5 Å². The highest BCUT2D eigenvalue weighted by Gasteiger charge is 2.22. The monoisotopic (exact) mass is 251 g/mol. The first-order valence-electron chi connectivity index (χ1n) is 6.06. The number of nitrogen functional groups attached to an aromatic ring is 1. The summed E-state index contributed by atoms with van der Waals surface area (Å²) >= 11 is 0. The molecule has 0 unspecified atom stereocenters. The molecule has 0 heterocycles. The van der Waals surface area contributed by atoms with Crippen molar-refractivity contribution < 1.29 is 14.6 Å². The van der Waals surface area contributed by atoms with E-state index in [1.54, 1.807) is 12.1 Å². The number of aliphatic hydroxyl groups is 1. The molecule has 0 fully saturated rings. The highest BCUT2D eigenvalue weighted by molar-refractivity contribution is 5.97. The number of hydrogen-bond acceptors (Lipinski definition) is 4. The molecule has 0 saturated heterocycles. The average Bonchev–Trinajstić information content (AvgIpc) is 2.23. The number of carbonyl (C=O) groups excluding carboxylic acids is 1. The molecule has 0 saturated carbocycles. The minimum absolute atomic E-state index is 0.0859. The summed E-state index contributed by atoms with van der Waals surface area (Å²) in [6.07, 6.45) is 1.20. The van der Waals surface area contributed by atoms with Crippen LogP contribution < -0.4 is 5.73 Å². The van der Waals surface area contributed by atoms with Crippen LogP contribution in [-0.4, -0.2) is 23.3 Å². The molecule has 18 heavy (non-hydrogen) atoms. The molecule has 0 amide bonds. The first kappa shape index (κ1) is 14.5. The number of benzene rings is 1. The maximum atomic E-state index is 12.1. The van der Waals surface area contributed by atoms with Gasteiger partial charge in [-0.15, -0.1) is 0 Å². The zero-order chi connectivity index (χ0) is 13.8. The molecule has 0 aliphatic heterocycles. The Morgan fingerprint density at radius 3 is 2.61 bits per heavy atom. The van der Waals surface area contributed by atoms with Crippen LogP contribution in [0.5, 0.6) is 0 Å². The summed E-state index contributed by atoms with van der Waals surface area (Å²) < 4.78 is 5.34. The van der Waals surface area contributed by atoms with Gasteiger partial charge in [-0.1, -0.05) is 12.1 Å². The van der Waals surface area contributed by atoms with Crippen LogP contribution in [0.25, 0.3) is 0 Å². The van der Waals surface area contributed by atoms with Gasteiger partial charge in [0.1, 0.15) is 5.60 Å². The van der Waals surface area contributed by atoms with E-state index in [1.807, 2.05) is 26.8 Å². The third-order valence-electron chi connectivity index (χ3n) is 2.39. The number of aliphatic hydroxyl groups excluding tert-OH is 1. The van der Waals surface area contributed by atoms with Crippen molar-refractivity contribution in [2.24, 2.45) is 0 Å². The van der Waals surface area contributed by atoms with Crippen molar-refractivity contribution >= 4 is 11.7 Å².